The molecule has 0 aliphatic carbocycles. The van der Waals surface area contributed by atoms with E-state index >= 15 is 0 Å². The Bertz CT molecular complexity index is 143. The van der Waals surface area contributed by atoms with Gasteiger partial charge in [-0.05, 0) is 6.42 Å². The van der Waals surface area contributed by atoms with E-state index in [0.29, 0.717) is 6.42 Å². The van der Waals surface area contributed by atoms with Gasteiger partial charge < -0.3 is 4.74 Å². The molecule has 69 valence electrons. The molecule has 3 heteroatoms. The molecule has 0 amide bonds. The van der Waals surface area contributed by atoms with Gasteiger partial charge in [0, 0.05) is 6.42 Å². The molecule has 1 unspecified atom stereocenters. The number of ether oxygens (including phenoxy) is 1. The summed E-state index contributed by atoms with van der Waals surface area (Å²) in [5.74, 6) is 0. The van der Waals surface area contributed by atoms with E-state index in [1.807, 2.05) is 6.92 Å². The van der Waals surface area contributed by atoms with Gasteiger partial charge in [0.1, 0.15) is 6.10 Å². The average molecular weight is 171 g/mol. The molecule has 12 heavy (non-hydrogen) atoms. The number of hydrogen-bond donors (Lipinski definition) is 0. The fraction of sp³-hybridized carbons (Fsp3) is 0.667. The zero-order chi connectivity index (χ0) is 9.40. The first-order chi connectivity index (χ1) is 5.70. The second kappa shape index (κ2) is 6.70. The molecule has 1 atom stereocenters. The minimum absolute atomic E-state index is 0.271. The normalized spacial score (nSPS) is 12.1. The van der Waals surface area contributed by atoms with Crippen molar-refractivity contribution in [2.24, 2.45) is 0 Å². The van der Waals surface area contributed by atoms with Crippen molar-refractivity contribution in [3.8, 4) is 0 Å². The highest BCUT2D eigenvalue weighted by Gasteiger charge is 2.11. The molecule has 0 aliphatic rings. The van der Waals surface area contributed by atoms with Gasteiger partial charge in [0.2, 0.25) is 0 Å². The summed E-state index contributed by atoms with van der Waals surface area (Å²) in [5, 5.41) is 10.1. The predicted octanol–water partition coefficient (Wildman–Crippen LogP) is 2.69. The molecular weight excluding hydrogens is 156 g/mol. The SMILES string of the molecule is C=CCC(CCCC)OC([O])=O. The van der Waals surface area contributed by atoms with E-state index < -0.39 is 6.16 Å². The van der Waals surface area contributed by atoms with E-state index in [0.717, 1.165) is 19.3 Å². The Morgan fingerprint density at radius 1 is 1.67 bits per heavy atom. The van der Waals surface area contributed by atoms with Gasteiger partial charge in [0.25, 0.3) is 0 Å². The summed E-state index contributed by atoms with van der Waals surface area (Å²) in [4.78, 5) is 10.1. The molecule has 0 aromatic carbocycles. The number of unbranched alkanes of at least 4 members (excludes halogenated alkanes) is 1. The van der Waals surface area contributed by atoms with Gasteiger partial charge >= 0.3 is 6.16 Å². The van der Waals surface area contributed by atoms with Gasteiger partial charge in [0.05, 0.1) is 0 Å². The number of hydrogen-bond acceptors (Lipinski definition) is 2. The highest BCUT2D eigenvalue weighted by atomic mass is 16.7. The fourth-order valence-electron chi connectivity index (χ4n) is 0.979. The fourth-order valence-corrected chi connectivity index (χ4v) is 0.979. The Morgan fingerprint density at radius 3 is 2.75 bits per heavy atom. The van der Waals surface area contributed by atoms with E-state index in [2.05, 4.69) is 11.3 Å². The monoisotopic (exact) mass is 171 g/mol. The zero-order valence-electron chi connectivity index (χ0n) is 7.41. The van der Waals surface area contributed by atoms with Crippen LogP contribution in [-0.4, -0.2) is 12.3 Å². The van der Waals surface area contributed by atoms with Gasteiger partial charge in [-0.25, -0.2) is 0 Å². The first kappa shape index (κ1) is 11.0. The Hall–Kier alpha value is -0.990. The molecule has 0 aromatic rings. The maximum atomic E-state index is 10.1. The lowest BCUT2D eigenvalue weighted by Gasteiger charge is -2.11. The van der Waals surface area contributed by atoms with Crippen LogP contribution >= 0.6 is 0 Å². The predicted molar refractivity (Wildman–Crippen MR) is 45.3 cm³/mol. The van der Waals surface area contributed by atoms with Gasteiger partial charge in [0.15, 0.2) is 0 Å². The molecule has 0 heterocycles. The molecule has 3 nitrogen and oxygen atoms in total. The molecule has 0 bridgehead atoms. The summed E-state index contributed by atoms with van der Waals surface area (Å²) in [6.07, 6.45) is 3.24. The lowest BCUT2D eigenvalue weighted by molar-refractivity contribution is 0.0295. The maximum Gasteiger partial charge on any atom is 0.550 e. The second-order valence-electron chi connectivity index (χ2n) is 2.66. The van der Waals surface area contributed by atoms with Crippen molar-refractivity contribution in [3.05, 3.63) is 12.7 Å². The third-order valence-corrected chi connectivity index (χ3v) is 1.57. The van der Waals surface area contributed by atoms with Crippen LogP contribution in [0.25, 0.3) is 0 Å². The lowest BCUT2D eigenvalue weighted by atomic mass is 10.1. The molecule has 1 radical (unpaired) electrons. The zero-order valence-corrected chi connectivity index (χ0v) is 7.41. The van der Waals surface area contributed by atoms with E-state index in [-0.39, 0.29) is 6.10 Å². The summed E-state index contributed by atoms with van der Waals surface area (Å²) in [6.45, 7) is 5.57. The average Bonchev–Trinajstić information content (AvgIpc) is 2.00. The molecule has 0 rings (SSSR count). The molecule has 0 aromatic heterocycles. The van der Waals surface area contributed by atoms with Crippen molar-refractivity contribution < 1.29 is 14.6 Å². The van der Waals surface area contributed by atoms with Crippen molar-refractivity contribution in [1.29, 1.82) is 0 Å². The van der Waals surface area contributed by atoms with Gasteiger partial charge in [-0.15, -0.1) is 6.58 Å². The summed E-state index contributed by atoms with van der Waals surface area (Å²) < 4.78 is 4.53. The number of carbonyl (C=O) groups excluding carboxylic acids is 1. The smallest absolute Gasteiger partial charge is 0.428 e. The van der Waals surface area contributed by atoms with Gasteiger partial charge in [-0.2, -0.15) is 9.90 Å². The van der Waals surface area contributed by atoms with Crippen LogP contribution in [0.15, 0.2) is 12.7 Å². The highest BCUT2D eigenvalue weighted by Crippen LogP contribution is 2.09. The third-order valence-electron chi connectivity index (χ3n) is 1.57. The first-order valence-electron chi connectivity index (χ1n) is 4.19. The van der Waals surface area contributed by atoms with E-state index in [1.54, 1.807) is 6.08 Å². The molecule has 0 saturated heterocycles. The topological polar surface area (TPSA) is 46.2 Å². The summed E-state index contributed by atoms with van der Waals surface area (Å²) in [7, 11) is 0. The van der Waals surface area contributed by atoms with Crippen LogP contribution < -0.4 is 0 Å². The second-order valence-corrected chi connectivity index (χ2v) is 2.66. The molecule has 0 saturated carbocycles. The van der Waals surface area contributed by atoms with E-state index in [9.17, 15) is 9.90 Å². The van der Waals surface area contributed by atoms with Crippen molar-refractivity contribution in [2.75, 3.05) is 0 Å². The summed E-state index contributed by atoms with van der Waals surface area (Å²) >= 11 is 0. The van der Waals surface area contributed by atoms with E-state index in [4.69, 9.17) is 0 Å². The maximum absolute atomic E-state index is 10.1. The van der Waals surface area contributed by atoms with Crippen molar-refractivity contribution in [3.63, 3.8) is 0 Å². The molecule has 0 aliphatic heterocycles. The van der Waals surface area contributed by atoms with Crippen molar-refractivity contribution >= 4 is 6.16 Å². The standard InChI is InChI=1S/C9H15O3/c1-3-5-7-8(6-4-2)12-9(10)11/h4,8H,2-3,5-7H2,1H3. The number of carbonyl (C=O) groups is 1. The Labute approximate surface area is 73.0 Å². The van der Waals surface area contributed by atoms with Crippen LogP contribution in [0.5, 0.6) is 0 Å². The van der Waals surface area contributed by atoms with Crippen molar-refractivity contribution in [2.45, 2.75) is 38.7 Å². The van der Waals surface area contributed by atoms with Crippen molar-refractivity contribution in [1.82, 2.24) is 0 Å². The van der Waals surface area contributed by atoms with Crippen LogP contribution in [0.4, 0.5) is 4.79 Å². The van der Waals surface area contributed by atoms with Crippen LogP contribution in [0, 0.1) is 0 Å². The lowest BCUT2D eigenvalue weighted by Crippen LogP contribution is -2.15. The molecule has 0 spiro atoms. The van der Waals surface area contributed by atoms with Gasteiger partial charge in [-0.3, -0.25) is 0 Å². The Balaban J connectivity index is 3.68. The third kappa shape index (κ3) is 5.77. The quantitative estimate of drug-likeness (QED) is 0.455. The minimum Gasteiger partial charge on any atom is -0.428 e. The Kier molecular flexibility index (Phi) is 6.15. The Morgan fingerprint density at radius 2 is 2.33 bits per heavy atom. The molecule has 0 N–H and O–H groups in total. The van der Waals surface area contributed by atoms with Crippen LogP contribution in [0.2, 0.25) is 0 Å². The van der Waals surface area contributed by atoms with Gasteiger partial charge in [-0.1, -0.05) is 25.8 Å². The number of rotatable bonds is 6. The highest BCUT2D eigenvalue weighted by molar-refractivity contribution is 5.56. The van der Waals surface area contributed by atoms with E-state index in [1.165, 1.54) is 0 Å². The molecular formula is C9H15O3. The van der Waals surface area contributed by atoms with Crippen LogP contribution in [0.1, 0.15) is 32.6 Å². The van der Waals surface area contributed by atoms with Crippen LogP contribution in [-0.2, 0) is 9.84 Å². The summed E-state index contributed by atoms with van der Waals surface area (Å²) in [5.41, 5.74) is 0. The molecule has 0 fully saturated rings. The minimum atomic E-state index is -1.45. The summed E-state index contributed by atoms with van der Waals surface area (Å²) in [6, 6.07) is 0. The largest absolute Gasteiger partial charge is 0.550 e. The first-order valence-corrected chi connectivity index (χ1v) is 4.19. The van der Waals surface area contributed by atoms with Crippen LogP contribution in [0.3, 0.4) is 0 Å².